The summed E-state index contributed by atoms with van der Waals surface area (Å²) in [4.78, 5) is 0. The molecule has 1 aromatic carbocycles. The first-order valence-corrected chi connectivity index (χ1v) is 5.58. The van der Waals surface area contributed by atoms with Crippen LogP contribution in [0.5, 0.6) is 0 Å². The fourth-order valence-corrected chi connectivity index (χ4v) is 2.42. The van der Waals surface area contributed by atoms with E-state index in [4.69, 9.17) is 17.3 Å². The van der Waals surface area contributed by atoms with E-state index in [1.165, 1.54) is 18.4 Å². The summed E-state index contributed by atoms with van der Waals surface area (Å²) in [5, 5.41) is 0.848. The van der Waals surface area contributed by atoms with Crippen LogP contribution in [0.1, 0.15) is 36.3 Å². The van der Waals surface area contributed by atoms with Crippen molar-refractivity contribution in [3.8, 4) is 0 Å². The van der Waals surface area contributed by atoms with Gasteiger partial charge in [-0.3, -0.25) is 0 Å². The first-order chi connectivity index (χ1) is 6.68. The van der Waals surface area contributed by atoms with Gasteiger partial charge in [-0.1, -0.05) is 30.2 Å². The van der Waals surface area contributed by atoms with Gasteiger partial charge in [0.2, 0.25) is 0 Å². The van der Waals surface area contributed by atoms with Crippen LogP contribution < -0.4 is 5.73 Å². The maximum atomic E-state index is 6.07. The molecule has 0 spiro atoms. The van der Waals surface area contributed by atoms with E-state index in [2.05, 4.69) is 12.1 Å². The highest BCUT2D eigenvalue weighted by molar-refractivity contribution is 6.31. The van der Waals surface area contributed by atoms with Gasteiger partial charge < -0.3 is 5.73 Å². The Hall–Kier alpha value is -0.530. The molecule has 2 rings (SSSR count). The first-order valence-electron chi connectivity index (χ1n) is 5.20. The molecule has 2 unspecified atom stereocenters. The second kappa shape index (κ2) is 3.92. The largest absolute Gasteiger partial charge is 0.327 e. The van der Waals surface area contributed by atoms with Gasteiger partial charge in [0.15, 0.2) is 0 Å². The summed E-state index contributed by atoms with van der Waals surface area (Å²) >= 11 is 5.99. The van der Waals surface area contributed by atoms with Crippen LogP contribution in [0.4, 0.5) is 0 Å². The third kappa shape index (κ3) is 1.79. The third-order valence-corrected chi connectivity index (χ3v) is 3.60. The average molecular weight is 210 g/mol. The lowest BCUT2D eigenvalue weighted by molar-refractivity contribution is 0.613. The molecule has 2 atom stereocenters. The van der Waals surface area contributed by atoms with Crippen LogP contribution in [0, 0.1) is 6.92 Å². The van der Waals surface area contributed by atoms with E-state index in [9.17, 15) is 0 Å². The first kappa shape index (κ1) is 10.0. The lowest BCUT2D eigenvalue weighted by Gasteiger charge is -2.16. The van der Waals surface area contributed by atoms with Crippen molar-refractivity contribution in [3.05, 3.63) is 34.3 Å². The molecule has 1 aliphatic carbocycles. The summed E-state index contributed by atoms with van der Waals surface area (Å²) in [5.41, 5.74) is 8.58. The zero-order valence-corrected chi connectivity index (χ0v) is 9.22. The number of halogens is 1. The molecular formula is C12H16ClN. The van der Waals surface area contributed by atoms with Crippen molar-refractivity contribution in [2.45, 2.75) is 38.1 Å². The van der Waals surface area contributed by atoms with Gasteiger partial charge in [0, 0.05) is 11.1 Å². The molecule has 14 heavy (non-hydrogen) atoms. The molecular weight excluding hydrogens is 194 g/mol. The minimum atomic E-state index is 0.343. The molecule has 0 amide bonds. The van der Waals surface area contributed by atoms with Gasteiger partial charge >= 0.3 is 0 Å². The van der Waals surface area contributed by atoms with Gasteiger partial charge in [0.25, 0.3) is 0 Å². The molecule has 1 aliphatic rings. The van der Waals surface area contributed by atoms with Crippen LogP contribution in [-0.2, 0) is 0 Å². The quantitative estimate of drug-likeness (QED) is 0.755. The van der Waals surface area contributed by atoms with Gasteiger partial charge in [-0.15, -0.1) is 0 Å². The minimum absolute atomic E-state index is 0.343. The summed E-state index contributed by atoms with van der Waals surface area (Å²) < 4.78 is 0. The number of rotatable bonds is 1. The predicted molar refractivity (Wildman–Crippen MR) is 60.8 cm³/mol. The summed E-state index contributed by atoms with van der Waals surface area (Å²) in [6, 6.07) is 6.62. The third-order valence-electron chi connectivity index (χ3n) is 3.18. The van der Waals surface area contributed by atoms with Gasteiger partial charge in [0.1, 0.15) is 0 Å². The van der Waals surface area contributed by atoms with Crippen LogP contribution in [-0.4, -0.2) is 6.04 Å². The molecule has 0 bridgehead atoms. The molecule has 0 aromatic heterocycles. The SMILES string of the molecule is Cc1cc(C2CCCC2N)ccc1Cl. The summed E-state index contributed by atoms with van der Waals surface area (Å²) in [7, 11) is 0. The van der Waals surface area contributed by atoms with Crippen LogP contribution in [0.15, 0.2) is 18.2 Å². The van der Waals surface area contributed by atoms with Crippen LogP contribution in [0.2, 0.25) is 5.02 Å². The van der Waals surface area contributed by atoms with Gasteiger partial charge in [0.05, 0.1) is 0 Å². The molecule has 0 heterocycles. The number of nitrogens with two attached hydrogens (primary N) is 1. The molecule has 1 saturated carbocycles. The van der Waals surface area contributed by atoms with Crippen molar-refractivity contribution in [2.24, 2.45) is 5.73 Å². The fraction of sp³-hybridized carbons (Fsp3) is 0.500. The Morgan fingerprint density at radius 2 is 2.14 bits per heavy atom. The number of hydrogen-bond acceptors (Lipinski definition) is 1. The predicted octanol–water partition coefficient (Wildman–Crippen LogP) is 3.24. The van der Waals surface area contributed by atoms with Crippen molar-refractivity contribution < 1.29 is 0 Å². The minimum Gasteiger partial charge on any atom is -0.327 e. The van der Waals surface area contributed by atoms with Crippen LogP contribution in [0.25, 0.3) is 0 Å². The molecule has 1 fully saturated rings. The summed E-state index contributed by atoms with van der Waals surface area (Å²) in [6.07, 6.45) is 3.64. The number of aryl methyl sites for hydroxylation is 1. The van der Waals surface area contributed by atoms with E-state index in [-0.39, 0.29) is 0 Å². The summed E-state index contributed by atoms with van der Waals surface area (Å²) in [5.74, 6) is 0.547. The molecule has 2 heteroatoms. The highest BCUT2D eigenvalue weighted by Crippen LogP contribution is 2.34. The Morgan fingerprint density at radius 1 is 1.36 bits per heavy atom. The Labute approximate surface area is 90.3 Å². The fourth-order valence-electron chi connectivity index (χ4n) is 2.30. The maximum Gasteiger partial charge on any atom is 0.0435 e. The number of benzene rings is 1. The Morgan fingerprint density at radius 3 is 2.71 bits per heavy atom. The zero-order chi connectivity index (χ0) is 10.1. The molecule has 1 aromatic rings. The molecule has 2 N–H and O–H groups in total. The van der Waals surface area contributed by atoms with Gasteiger partial charge in [-0.05, 0) is 42.9 Å². The second-order valence-electron chi connectivity index (χ2n) is 4.21. The number of hydrogen-bond donors (Lipinski definition) is 1. The van der Waals surface area contributed by atoms with Crippen molar-refractivity contribution in [1.82, 2.24) is 0 Å². The molecule has 0 saturated heterocycles. The Kier molecular flexibility index (Phi) is 2.80. The topological polar surface area (TPSA) is 26.0 Å². The molecule has 0 radical (unpaired) electrons. The normalized spacial score (nSPS) is 26.8. The van der Waals surface area contributed by atoms with E-state index in [1.807, 2.05) is 13.0 Å². The summed E-state index contributed by atoms with van der Waals surface area (Å²) in [6.45, 7) is 2.05. The van der Waals surface area contributed by atoms with Crippen molar-refractivity contribution >= 4 is 11.6 Å². The van der Waals surface area contributed by atoms with E-state index >= 15 is 0 Å². The Bertz CT molecular complexity index is 335. The van der Waals surface area contributed by atoms with E-state index < -0.39 is 0 Å². The van der Waals surface area contributed by atoms with E-state index in [1.54, 1.807) is 0 Å². The standard InChI is InChI=1S/C12H16ClN/c1-8-7-9(5-6-11(8)13)10-3-2-4-12(10)14/h5-7,10,12H,2-4,14H2,1H3. The van der Waals surface area contributed by atoms with Crippen LogP contribution >= 0.6 is 11.6 Å². The van der Waals surface area contributed by atoms with E-state index in [0.717, 1.165) is 17.0 Å². The molecule has 76 valence electrons. The average Bonchev–Trinajstić information content (AvgIpc) is 2.57. The molecule has 1 nitrogen and oxygen atoms in total. The highest BCUT2D eigenvalue weighted by Gasteiger charge is 2.25. The lowest BCUT2D eigenvalue weighted by Crippen LogP contribution is -2.22. The van der Waals surface area contributed by atoms with Crippen molar-refractivity contribution in [3.63, 3.8) is 0 Å². The second-order valence-corrected chi connectivity index (χ2v) is 4.62. The van der Waals surface area contributed by atoms with Crippen LogP contribution in [0.3, 0.4) is 0 Å². The van der Waals surface area contributed by atoms with Gasteiger partial charge in [-0.25, -0.2) is 0 Å². The smallest absolute Gasteiger partial charge is 0.0435 e. The zero-order valence-electron chi connectivity index (χ0n) is 8.46. The van der Waals surface area contributed by atoms with Crippen molar-refractivity contribution in [1.29, 1.82) is 0 Å². The lowest BCUT2D eigenvalue weighted by atomic mass is 9.93. The maximum absolute atomic E-state index is 6.07. The molecule has 0 aliphatic heterocycles. The van der Waals surface area contributed by atoms with Crippen molar-refractivity contribution in [2.75, 3.05) is 0 Å². The van der Waals surface area contributed by atoms with Gasteiger partial charge in [-0.2, -0.15) is 0 Å². The Balaban J connectivity index is 2.28. The van der Waals surface area contributed by atoms with E-state index in [0.29, 0.717) is 12.0 Å². The monoisotopic (exact) mass is 209 g/mol. The highest BCUT2D eigenvalue weighted by atomic mass is 35.5.